The molecule has 0 unspecified atom stereocenters. The van der Waals surface area contributed by atoms with Gasteiger partial charge in [0.2, 0.25) is 5.91 Å². The standard InChI is InChI=1S/C14H16N2OS/c1-10-2-7-13(18-10)9-16-14(17)8-11-3-5-12(15)6-4-11/h2-7H,8-9,15H2,1H3,(H,16,17). The van der Waals surface area contributed by atoms with Gasteiger partial charge in [-0.3, -0.25) is 4.79 Å². The quantitative estimate of drug-likeness (QED) is 0.830. The van der Waals surface area contributed by atoms with Crippen molar-refractivity contribution >= 4 is 22.9 Å². The van der Waals surface area contributed by atoms with Gasteiger partial charge in [0.05, 0.1) is 13.0 Å². The van der Waals surface area contributed by atoms with E-state index in [9.17, 15) is 4.79 Å². The molecular weight excluding hydrogens is 244 g/mol. The summed E-state index contributed by atoms with van der Waals surface area (Å²) in [5.41, 5.74) is 7.29. The van der Waals surface area contributed by atoms with Crippen LogP contribution in [0, 0.1) is 6.92 Å². The van der Waals surface area contributed by atoms with Crippen molar-refractivity contribution < 1.29 is 4.79 Å². The molecule has 0 atom stereocenters. The zero-order valence-corrected chi connectivity index (χ0v) is 11.1. The lowest BCUT2D eigenvalue weighted by atomic mass is 10.1. The summed E-state index contributed by atoms with van der Waals surface area (Å²) >= 11 is 1.71. The summed E-state index contributed by atoms with van der Waals surface area (Å²) in [6, 6.07) is 11.5. The number of nitrogen functional groups attached to an aromatic ring is 1. The van der Waals surface area contributed by atoms with Gasteiger partial charge in [0.15, 0.2) is 0 Å². The first-order valence-electron chi connectivity index (χ1n) is 5.80. The minimum absolute atomic E-state index is 0.0332. The number of amides is 1. The number of benzene rings is 1. The van der Waals surface area contributed by atoms with Gasteiger partial charge >= 0.3 is 0 Å². The first-order chi connectivity index (χ1) is 8.63. The van der Waals surface area contributed by atoms with Crippen LogP contribution in [0.3, 0.4) is 0 Å². The largest absolute Gasteiger partial charge is 0.399 e. The van der Waals surface area contributed by atoms with Crippen LogP contribution < -0.4 is 11.1 Å². The molecule has 1 aromatic carbocycles. The van der Waals surface area contributed by atoms with Crippen molar-refractivity contribution in [3.8, 4) is 0 Å². The summed E-state index contributed by atoms with van der Waals surface area (Å²) in [6.45, 7) is 2.66. The number of hydrogen-bond donors (Lipinski definition) is 2. The summed E-state index contributed by atoms with van der Waals surface area (Å²) in [5, 5.41) is 2.92. The minimum atomic E-state index is 0.0332. The monoisotopic (exact) mass is 260 g/mol. The summed E-state index contributed by atoms with van der Waals surface area (Å²) in [7, 11) is 0. The van der Waals surface area contributed by atoms with Crippen molar-refractivity contribution in [1.82, 2.24) is 5.32 Å². The van der Waals surface area contributed by atoms with Crippen LogP contribution in [0.15, 0.2) is 36.4 Å². The Labute approximate surface area is 111 Å². The molecule has 2 aromatic rings. The Morgan fingerprint density at radius 2 is 1.94 bits per heavy atom. The number of rotatable bonds is 4. The third kappa shape index (κ3) is 3.60. The van der Waals surface area contributed by atoms with E-state index in [0.717, 1.165) is 5.56 Å². The average Bonchev–Trinajstić information content (AvgIpc) is 2.76. The zero-order valence-electron chi connectivity index (χ0n) is 10.3. The third-order valence-electron chi connectivity index (χ3n) is 2.60. The maximum absolute atomic E-state index is 11.7. The fourth-order valence-corrected chi connectivity index (χ4v) is 2.48. The van der Waals surface area contributed by atoms with E-state index in [1.165, 1.54) is 9.75 Å². The SMILES string of the molecule is Cc1ccc(CNC(=O)Cc2ccc(N)cc2)s1. The highest BCUT2D eigenvalue weighted by atomic mass is 32.1. The second-order valence-corrected chi connectivity index (χ2v) is 5.58. The van der Waals surface area contributed by atoms with Crippen LogP contribution in [0.5, 0.6) is 0 Å². The summed E-state index contributed by atoms with van der Waals surface area (Å²) in [4.78, 5) is 14.2. The van der Waals surface area contributed by atoms with Gasteiger partial charge < -0.3 is 11.1 Å². The Bertz CT molecular complexity index is 531. The number of aryl methyl sites for hydroxylation is 1. The zero-order chi connectivity index (χ0) is 13.0. The molecule has 1 heterocycles. The number of nitrogens with one attached hydrogen (secondary N) is 1. The predicted octanol–water partition coefficient (Wildman–Crippen LogP) is 2.50. The first kappa shape index (κ1) is 12.6. The van der Waals surface area contributed by atoms with Crippen LogP contribution in [0.4, 0.5) is 5.69 Å². The molecule has 0 aliphatic heterocycles. The normalized spacial score (nSPS) is 10.3. The molecule has 94 valence electrons. The predicted molar refractivity (Wildman–Crippen MR) is 75.5 cm³/mol. The van der Waals surface area contributed by atoms with Gasteiger partial charge in [0.1, 0.15) is 0 Å². The van der Waals surface area contributed by atoms with E-state index in [1.807, 2.05) is 30.3 Å². The lowest BCUT2D eigenvalue weighted by molar-refractivity contribution is -0.120. The number of carbonyl (C=O) groups is 1. The second kappa shape index (κ2) is 5.69. The molecule has 0 radical (unpaired) electrons. The van der Waals surface area contributed by atoms with E-state index in [2.05, 4.69) is 18.3 Å². The molecule has 0 aliphatic rings. The molecule has 4 heteroatoms. The fourth-order valence-electron chi connectivity index (χ4n) is 1.65. The Morgan fingerprint density at radius 3 is 2.56 bits per heavy atom. The van der Waals surface area contributed by atoms with Crippen LogP contribution in [0.25, 0.3) is 0 Å². The van der Waals surface area contributed by atoms with E-state index in [0.29, 0.717) is 18.7 Å². The highest BCUT2D eigenvalue weighted by Crippen LogP contribution is 2.14. The van der Waals surface area contributed by atoms with Crippen molar-refractivity contribution in [2.45, 2.75) is 19.9 Å². The first-order valence-corrected chi connectivity index (χ1v) is 6.61. The molecule has 3 nitrogen and oxygen atoms in total. The fraction of sp³-hybridized carbons (Fsp3) is 0.214. The van der Waals surface area contributed by atoms with Gasteiger partial charge in [-0.1, -0.05) is 12.1 Å². The molecule has 1 aromatic heterocycles. The van der Waals surface area contributed by atoms with Gasteiger partial charge in [0, 0.05) is 15.4 Å². The van der Waals surface area contributed by atoms with Crippen LogP contribution in [0.2, 0.25) is 0 Å². The molecule has 2 rings (SSSR count). The van der Waals surface area contributed by atoms with Gasteiger partial charge in [-0.2, -0.15) is 0 Å². The molecule has 0 saturated carbocycles. The number of hydrogen-bond acceptors (Lipinski definition) is 3. The lowest BCUT2D eigenvalue weighted by Gasteiger charge is -2.04. The van der Waals surface area contributed by atoms with E-state index >= 15 is 0 Å². The van der Waals surface area contributed by atoms with E-state index < -0.39 is 0 Å². The molecular formula is C14H16N2OS. The number of thiophene rings is 1. The van der Waals surface area contributed by atoms with E-state index in [4.69, 9.17) is 5.73 Å². The third-order valence-corrected chi connectivity index (χ3v) is 3.60. The molecule has 0 saturated heterocycles. The van der Waals surface area contributed by atoms with Crippen molar-refractivity contribution in [2.24, 2.45) is 0 Å². The topological polar surface area (TPSA) is 55.1 Å². The van der Waals surface area contributed by atoms with Gasteiger partial charge in [0.25, 0.3) is 0 Å². The molecule has 1 amide bonds. The van der Waals surface area contributed by atoms with Crippen LogP contribution in [0.1, 0.15) is 15.3 Å². The number of carbonyl (C=O) groups excluding carboxylic acids is 1. The Kier molecular flexibility index (Phi) is 3.99. The molecule has 0 aliphatic carbocycles. The second-order valence-electron chi connectivity index (χ2n) is 4.21. The Morgan fingerprint density at radius 1 is 1.22 bits per heavy atom. The molecule has 3 N–H and O–H groups in total. The van der Waals surface area contributed by atoms with Crippen LogP contribution >= 0.6 is 11.3 Å². The summed E-state index contributed by atoms with van der Waals surface area (Å²) < 4.78 is 0. The van der Waals surface area contributed by atoms with Crippen molar-refractivity contribution in [1.29, 1.82) is 0 Å². The highest BCUT2D eigenvalue weighted by Gasteiger charge is 2.04. The lowest BCUT2D eigenvalue weighted by Crippen LogP contribution is -2.24. The maximum atomic E-state index is 11.7. The summed E-state index contributed by atoms with van der Waals surface area (Å²) in [5.74, 6) is 0.0332. The number of anilines is 1. The molecule has 0 fully saturated rings. The number of nitrogens with two attached hydrogens (primary N) is 1. The molecule has 18 heavy (non-hydrogen) atoms. The van der Waals surface area contributed by atoms with E-state index in [-0.39, 0.29) is 5.91 Å². The van der Waals surface area contributed by atoms with E-state index in [1.54, 1.807) is 11.3 Å². The highest BCUT2D eigenvalue weighted by molar-refractivity contribution is 7.11. The molecule has 0 bridgehead atoms. The Hall–Kier alpha value is -1.81. The van der Waals surface area contributed by atoms with Crippen molar-refractivity contribution in [3.63, 3.8) is 0 Å². The van der Waals surface area contributed by atoms with Gasteiger partial charge in [-0.25, -0.2) is 0 Å². The van der Waals surface area contributed by atoms with Crippen LogP contribution in [-0.2, 0) is 17.8 Å². The maximum Gasteiger partial charge on any atom is 0.224 e. The average molecular weight is 260 g/mol. The van der Waals surface area contributed by atoms with Gasteiger partial charge in [-0.05, 0) is 36.8 Å². The molecule has 0 spiro atoms. The minimum Gasteiger partial charge on any atom is -0.399 e. The van der Waals surface area contributed by atoms with Gasteiger partial charge in [-0.15, -0.1) is 11.3 Å². The Balaban J connectivity index is 1.83. The van der Waals surface area contributed by atoms with Crippen LogP contribution in [-0.4, -0.2) is 5.91 Å². The van der Waals surface area contributed by atoms with Crippen molar-refractivity contribution in [3.05, 3.63) is 51.7 Å². The summed E-state index contributed by atoms with van der Waals surface area (Å²) in [6.07, 6.45) is 0.393. The van der Waals surface area contributed by atoms with Crippen molar-refractivity contribution in [2.75, 3.05) is 5.73 Å². The smallest absolute Gasteiger partial charge is 0.224 e.